The summed E-state index contributed by atoms with van der Waals surface area (Å²) in [6.45, 7) is 2.10. The number of aliphatic hydroxyl groups is 1. The van der Waals surface area contributed by atoms with Crippen LogP contribution in [-0.4, -0.2) is 44.2 Å². The molecule has 33 heavy (non-hydrogen) atoms. The van der Waals surface area contributed by atoms with Crippen LogP contribution in [0.25, 0.3) is 5.76 Å². The van der Waals surface area contributed by atoms with Crippen LogP contribution < -0.4 is 0 Å². The summed E-state index contributed by atoms with van der Waals surface area (Å²) < 4.78 is 5.00. The van der Waals surface area contributed by atoms with E-state index in [4.69, 9.17) is 4.74 Å². The van der Waals surface area contributed by atoms with Crippen molar-refractivity contribution in [3.63, 3.8) is 0 Å². The zero-order valence-electron chi connectivity index (χ0n) is 17.8. The van der Waals surface area contributed by atoms with Crippen molar-refractivity contribution in [2.75, 3.05) is 6.61 Å². The molecule has 1 unspecified atom stereocenters. The molecule has 0 bridgehead atoms. The van der Waals surface area contributed by atoms with E-state index in [-0.39, 0.29) is 24.5 Å². The van der Waals surface area contributed by atoms with Gasteiger partial charge in [-0.2, -0.15) is 0 Å². The number of benzene rings is 1. The van der Waals surface area contributed by atoms with Gasteiger partial charge >= 0.3 is 5.97 Å². The van der Waals surface area contributed by atoms with Crippen LogP contribution in [0.15, 0.2) is 78.9 Å². The Morgan fingerprint density at radius 2 is 1.73 bits per heavy atom. The largest absolute Gasteiger partial charge is 0.507 e. The number of carbonyl (C=O) groups excluding carboxylic acids is 3. The third kappa shape index (κ3) is 4.36. The number of rotatable bonds is 6. The quantitative estimate of drug-likeness (QED) is 0.269. The van der Waals surface area contributed by atoms with Gasteiger partial charge in [0, 0.05) is 36.9 Å². The van der Waals surface area contributed by atoms with Crippen molar-refractivity contribution in [2.24, 2.45) is 0 Å². The standard InChI is InChI=1S/C25H21N3O5/c1-2-33-25(32)18-7-5-16(6-8-18)15-28-21(19-4-3-11-27-14-19)20(23(30)24(28)31)22(29)17-9-12-26-13-10-17/h3-14,21,29H,2,15H2,1H3/b22-20+. The fourth-order valence-electron chi connectivity index (χ4n) is 3.75. The number of aromatic nitrogens is 2. The van der Waals surface area contributed by atoms with E-state index in [2.05, 4.69) is 9.97 Å². The summed E-state index contributed by atoms with van der Waals surface area (Å²) >= 11 is 0. The lowest BCUT2D eigenvalue weighted by molar-refractivity contribution is -0.140. The maximum absolute atomic E-state index is 13.0. The average Bonchev–Trinajstić information content (AvgIpc) is 3.10. The monoisotopic (exact) mass is 443 g/mol. The molecule has 1 aromatic carbocycles. The molecule has 0 saturated carbocycles. The number of ether oxygens (including phenoxy) is 1. The molecule has 3 heterocycles. The number of pyridine rings is 2. The minimum atomic E-state index is -0.823. The average molecular weight is 443 g/mol. The second-order valence-corrected chi connectivity index (χ2v) is 7.37. The van der Waals surface area contributed by atoms with Gasteiger partial charge in [-0.3, -0.25) is 19.6 Å². The second kappa shape index (κ2) is 9.44. The number of carbonyl (C=O) groups is 3. The predicted octanol–water partition coefficient (Wildman–Crippen LogP) is 3.28. The van der Waals surface area contributed by atoms with Gasteiger partial charge < -0.3 is 14.7 Å². The number of likely N-dealkylation sites (tertiary alicyclic amines) is 1. The lowest BCUT2D eigenvalue weighted by atomic mass is 9.96. The highest BCUT2D eigenvalue weighted by Crippen LogP contribution is 2.39. The second-order valence-electron chi connectivity index (χ2n) is 7.37. The minimum Gasteiger partial charge on any atom is -0.507 e. The number of amides is 1. The van der Waals surface area contributed by atoms with Crippen LogP contribution in [0.2, 0.25) is 0 Å². The van der Waals surface area contributed by atoms with Crippen molar-refractivity contribution in [3.05, 3.63) is 101 Å². The number of Topliss-reactive ketones (excluding diaryl/α,β-unsaturated/α-hetero) is 1. The molecule has 8 heteroatoms. The Kier molecular flexibility index (Phi) is 6.26. The molecule has 4 rings (SSSR count). The first-order chi connectivity index (χ1) is 16.0. The molecule has 1 aliphatic heterocycles. The van der Waals surface area contributed by atoms with E-state index in [1.807, 2.05) is 0 Å². The van der Waals surface area contributed by atoms with Gasteiger partial charge in [0.25, 0.3) is 11.7 Å². The van der Waals surface area contributed by atoms with E-state index in [0.717, 1.165) is 0 Å². The molecule has 0 spiro atoms. The van der Waals surface area contributed by atoms with Crippen molar-refractivity contribution < 1.29 is 24.2 Å². The Labute approximate surface area is 190 Å². The zero-order valence-corrected chi connectivity index (χ0v) is 17.8. The molecule has 1 saturated heterocycles. The topological polar surface area (TPSA) is 110 Å². The summed E-state index contributed by atoms with van der Waals surface area (Å²) in [6, 6.07) is 12.4. The van der Waals surface area contributed by atoms with E-state index in [1.165, 1.54) is 17.3 Å². The maximum Gasteiger partial charge on any atom is 0.338 e. The Bertz CT molecular complexity index is 1210. The van der Waals surface area contributed by atoms with Crippen LogP contribution in [0.1, 0.15) is 40.0 Å². The summed E-state index contributed by atoms with van der Waals surface area (Å²) in [7, 11) is 0. The Hall–Kier alpha value is -4.33. The molecule has 1 N–H and O–H groups in total. The van der Waals surface area contributed by atoms with Crippen molar-refractivity contribution in [1.29, 1.82) is 0 Å². The normalized spacial score (nSPS) is 17.2. The molecule has 1 atom stereocenters. The van der Waals surface area contributed by atoms with Crippen LogP contribution in [0.4, 0.5) is 0 Å². The zero-order chi connectivity index (χ0) is 23.4. The molecular formula is C25H21N3O5. The molecule has 1 aliphatic rings. The van der Waals surface area contributed by atoms with Crippen LogP contribution >= 0.6 is 0 Å². The third-order valence-corrected chi connectivity index (χ3v) is 5.31. The van der Waals surface area contributed by atoms with Crippen LogP contribution in [-0.2, 0) is 20.9 Å². The van der Waals surface area contributed by atoms with Crippen molar-refractivity contribution >= 4 is 23.4 Å². The van der Waals surface area contributed by atoms with Gasteiger partial charge in [-0.25, -0.2) is 4.79 Å². The number of hydrogen-bond donors (Lipinski definition) is 1. The summed E-state index contributed by atoms with van der Waals surface area (Å²) in [4.78, 5) is 47.4. The fourth-order valence-corrected chi connectivity index (χ4v) is 3.75. The highest BCUT2D eigenvalue weighted by molar-refractivity contribution is 6.46. The van der Waals surface area contributed by atoms with Crippen LogP contribution in [0, 0.1) is 0 Å². The van der Waals surface area contributed by atoms with Gasteiger partial charge in [0.05, 0.1) is 23.8 Å². The summed E-state index contributed by atoms with van der Waals surface area (Å²) in [6.07, 6.45) is 6.14. The van der Waals surface area contributed by atoms with Gasteiger partial charge in [-0.15, -0.1) is 0 Å². The van der Waals surface area contributed by atoms with E-state index >= 15 is 0 Å². The van der Waals surface area contributed by atoms with Crippen molar-refractivity contribution in [1.82, 2.24) is 14.9 Å². The molecule has 1 fully saturated rings. The van der Waals surface area contributed by atoms with Gasteiger partial charge in [-0.1, -0.05) is 18.2 Å². The predicted molar refractivity (Wildman–Crippen MR) is 119 cm³/mol. The number of esters is 1. The highest BCUT2D eigenvalue weighted by Gasteiger charge is 2.46. The Morgan fingerprint density at radius 1 is 1.00 bits per heavy atom. The summed E-state index contributed by atoms with van der Waals surface area (Å²) in [5.74, 6) is -2.21. The first-order valence-electron chi connectivity index (χ1n) is 10.4. The third-order valence-electron chi connectivity index (χ3n) is 5.31. The first kappa shape index (κ1) is 21.9. The maximum atomic E-state index is 13.0. The molecule has 8 nitrogen and oxygen atoms in total. The SMILES string of the molecule is CCOC(=O)c1ccc(CN2C(=O)C(=O)/C(=C(/O)c3ccncc3)C2c2cccnc2)cc1. The number of aliphatic hydroxyl groups excluding tert-OH is 1. The lowest BCUT2D eigenvalue weighted by Crippen LogP contribution is -2.29. The van der Waals surface area contributed by atoms with E-state index in [0.29, 0.717) is 22.3 Å². The van der Waals surface area contributed by atoms with Crippen molar-refractivity contribution in [2.45, 2.75) is 19.5 Å². The fraction of sp³-hybridized carbons (Fsp3) is 0.160. The lowest BCUT2D eigenvalue weighted by Gasteiger charge is -2.25. The Morgan fingerprint density at radius 3 is 2.36 bits per heavy atom. The van der Waals surface area contributed by atoms with Crippen molar-refractivity contribution in [3.8, 4) is 0 Å². The molecule has 166 valence electrons. The molecule has 0 radical (unpaired) electrons. The number of nitrogens with zero attached hydrogens (tertiary/aromatic N) is 3. The molecular weight excluding hydrogens is 422 g/mol. The van der Waals surface area contributed by atoms with Gasteiger partial charge in [-0.05, 0) is 48.4 Å². The van der Waals surface area contributed by atoms with Crippen LogP contribution in [0.3, 0.4) is 0 Å². The molecule has 1 amide bonds. The van der Waals surface area contributed by atoms with E-state index < -0.39 is 23.7 Å². The number of ketones is 1. The van der Waals surface area contributed by atoms with Gasteiger partial charge in [0.2, 0.25) is 0 Å². The first-order valence-corrected chi connectivity index (χ1v) is 10.4. The van der Waals surface area contributed by atoms with Crippen LogP contribution in [0.5, 0.6) is 0 Å². The highest BCUT2D eigenvalue weighted by atomic mass is 16.5. The Balaban J connectivity index is 1.73. The minimum absolute atomic E-state index is 0.0117. The van der Waals surface area contributed by atoms with E-state index in [1.54, 1.807) is 67.8 Å². The number of hydrogen-bond acceptors (Lipinski definition) is 7. The molecule has 2 aromatic heterocycles. The van der Waals surface area contributed by atoms with E-state index in [9.17, 15) is 19.5 Å². The molecule has 0 aliphatic carbocycles. The molecule has 3 aromatic rings. The smallest absolute Gasteiger partial charge is 0.338 e. The van der Waals surface area contributed by atoms with Gasteiger partial charge in [0.15, 0.2) is 0 Å². The summed E-state index contributed by atoms with van der Waals surface area (Å²) in [5, 5.41) is 11.0. The van der Waals surface area contributed by atoms with Gasteiger partial charge in [0.1, 0.15) is 5.76 Å². The summed E-state index contributed by atoms with van der Waals surface area (Å²) in [5.41, 5.74) is 2.07.